The van der Waals surface area contributed by atoms with E-state index in [4.69, 9.17) is 9.47 Å². The van der Waals surface area contributed by atoms with Crippen molar-refractivity contribution < 1.29 is 14.3 Å². The van der Waals surface area contributed by atoms with Gasteiger partial charge >= 0.3 is 6.09 Å². The maximum atomic E-state index is 11.6. The molecule has 1 aliphatic carbocycles. The van der Waals surface area contributed by atoms with Crippen LogP contribution in [-0.2, 0) is 4.74 Å². The Morgan fingerprint density at radius 2 is 2.05 bits per heavy atom. The number of nitrogens with zero attached hydrogens (tertiary/aromatic N) is 1. The van der Waals surface area contributed by atoms with Gasteiger partial charge in [0.05, 0.1) is 6.20 Å². The smallest absolute Gasteiger partial charge is 0.407 e. The van der Waals surface area contributed by atoms with Gasteiger partial charge in [-0.15, -0.1) is 0 Å². The van der Waals surface area contributed by atoms with Crippen molar-refractivity contribution in [2.45, 2.75) is 58.3 Å². The second kappa shape index (κ2) is 5.69. The lowest BCUT2D eigenvalue weighted by atomic mass is 9.89. The number of carbonyl (C=O) groups excluding carboxylic acids is 1. The lowest BCUT2D eigenvalue weighted by molar-refractivity contribution is 0.0362. The van der Waals surface area contributed by atoms with Crippen molar-refractivity contribution in [2.75, 3.05) is 0 Å². The minimum Gasteiger partial charge on any atom is -0.489 e. The molecular weight excluding hydrogens is 256 g/mol. The maximum absolute atomic E-state index is 11.6. The quantitative estimate of drug-likeness (QED) is 0.923. The molecule has 1 heterocycles. The molecule has 5 heteroatoms. The molecule has 0 aliphatic heterocycles. The van der Waals surface area contributed by atoms with Gasteiger partial charge in [0.15, 0.2) is 0 Å². The summed E-state index contributed by atoms with van der Waals surface area (Å²) < 4.78 is 11.0. The minimum atomic E-state index is -0.461. The van der Waals surface area contributed by atoms with Crippen LogP contribution in [0.25, 0.3) is 0 Å². The highest BCUT2D eigenvalue weighted by atomic mass is 16.6. The van der Waals surface area contributed by atoms with Crippen molar-refractivity contribution in [1.82, 2.24) is 10.3 Å². The summed E-state index contributed by atoms with van der Waals surface area (Å²) in [6.45, 7) is 7.49. The molecule has 1 N–H and O–H groups in total. The molecule has 0 aromatic carbocycles. The molecule has 20 heavy (non-hydrogen) atoms. The Kier molecular flexibility index (Phi) is 4.16. The van der Waals surface area contributed by atoms with E-state index in [9.17, 15) is 4.79 Å². The van der Waals surface area contributed by atoms with Crippen LogP contribution < -0.4 is 10.1 Å². The Balaban J connectivity index is 1.70. The van der Waals surface area contributed by atoms with E-state index in [1.807, 2.05) is 39.8 Å². The summed E-state index contributed by atoms with van der Waals surface area (Å²) in [5.41, 5.74) is 0.507. The molecule has 1 aromatic rings. The zero-order chi connectivity index (χ0) is 14.8. The molecule has 5 nitrogen and oxygen atoms in total. The van der Waals surface area contributed by atoms with Crippen LogP contribution >= 0.6 is 0 Å². The zero-order valence-electron chi connectivity index (χ0n) is 12.5. The molecule has 1 saturated carbocycles. The van der Waals surface area contributed by atoms with Crippen LogP contribution in [-0.4, -0.2) is 28.8 Å². The second-order valence-corrected chi connectivity index (χ2v) is 6.19. The Morgan fingerprint density at radius 3 is 2.60 bits per heavy atom. The molecule has 1 aliphatic rings. The highest BCUT2D eigenvalue weighted by Gasteiger charge is 2.33. The average Bonchev–Trinajstić information content (AvgIpc) is 2.26. The summed E-state index contributed by atoms with van der Waals surface area (Å²) in [6, 6.07) is 3.97. The van der Waals surface area contributed by atoms with Crippen molar-refractivity contribution in [3.8, 4) is 5.75 Å². The third-order valence-electron chi connectivity index (χ3n) is 3.00. The van der Waals surface area contributed by atoms with Gasteiger partial charge < -0.3 is 14.8 Å². The summed E-state index contributed by atoms with van der Waals surface area (Å²) in [6.07, 6.45) is 3.10. The van der Waals surface area contributed by atoms with E-state index in [-0.39, 0.29) is 18.2 Å². The van der Waals surface area contributed by atoms with Crippen molar-refractivity contribution >= 4 is 6.09 Å². The molecule has 0 bridgehead atoms. The third kappa shape index (κ3) is 4.40. The number of rotatable bonds is 3. The number of pyridine rings is 1. The topological polar surface area (TPSA) is 60.5 Å². The fraction of sp³-hybridized carbons (Fsp3) is 0.600. The van der Waals surface area contributed by atoms with E-state index < -0.39 is 5.60 Å². The molecule has 0 unspecified atom stereocenters. The molecule has 0 saturated heterocycles. The van der Waals surface area contributed by atoms with Crippen LogP contribution in [0.15, 0.2) is 18.3 Å². The van der Waals surface area contributed by atoms with E-state index >= 15 is 0 Å². The third-order valence-corrected chi connectivity index (χ3v) is 3.00. The molecule has 1 amide bonds. The van der Waals surface area contributed by atoms with Gasteiger partial charge in [-0.25, -0.2) is 4.79 Å². The lowest BCUT2D eigenvalue weighted by Gasteiger charge is -2.36. The first-order valence-corrected chi connectivity index (χ1v) is 6.91. The summed E-state index contributed by atoms with van der Waals surface area (Å²) in [5, 5.41) is 2.84. The summed E-state index contributed by atoms with van der Waals surface area (Å²) >= 11 is 0. The van der Waals surface area contributed by atoms with E-state index in [1.54, 1.807) is 6.20 Å². The van der Waals surface area contributed by atoms with Gasteiger partial charge in [0, 0.05) is 24.6 Å². The van der Waals surface area contributed by atoms with Crippen LogP contribution in [0.2, 0.25) is 0 Å². The van der Waals surface area contributed by atoms with Gasteiger partial charge in [-0.05, 0) is 39.8 Å². The fourth-order valence-corrected chi connectivity index (χ4v) is 1.97. The molecule has 2 rings (SSSR count). The lowest BCUT2D eigenvalue weighted by Crippen LogP contribution is -2.50. The van der Waals surface area contributed by atoms with Crippen LogP contribution in [0.1, 0.15) is 39.3 Å². The van der Waals surface area contributed by atoms with Crippen LogP contribution in [0.3, 0.4) is 0 Å². The summed E-state index contributed by atoms with van der Waals surface area (Å²) in [7, 11) is 0. The van der Waals surface area contributed by atoms with E-state index in [2.05, 4.69) is 10.3 Å². The number of carbonyl (C=O) groups is 1. The Bertz CT molecular complexity index is 459. The largest absolute Gasteiger partial charge is 0.489 e. The first-order valence-electron chi connectivity index (χ1n) is 6.91. The number of alkyl carbamates (subject to hydrolysis) is 1. The first-order chi connectivity index (χ1) is 9.32. The number of amides is 1. The molecule has 1 fully saturated rings. The minimum absolute atomic E-state index is 0.133. The van der Waals surface area contributed by atoms with Crippen molar-refractivity contribution in [3.05, 3.63) is 24.0 Å². The van der Waals surface area contributed by atoms with E-state index in [0.29, 0.717) is 0 Å². The SMILES string of the molecule is Cc1ccc(OC2CC(NC(=O)OC(C)(C)C)C2)cn1. The molecule has 0 radical (unpaired) electrons. The Hall–Kier alpha value is -1.78. The number of nitrogens with one attached hydrogen (secondary N) is 1. The highest BCUT2D eigenvalue weighted by Crippen LogP contribution is 2.26. The number of ether oxygens (including phenoxy) is 2. The van der Waals surface area contributed by atoms with Crippen molar-refractivity contribution in [2.24, 2.45) is 0 Å². The maximum Gasteiger partial charge on any atom is 0.407 e. The van der Waals surface area contributed by atoms with Crippen molar-refractivity contribution in [3.63, 3.8) is 0 Å². The molecule has 1 aromatic heterocycles. The van der Waals surface area contributed by atoms with Gasteiger partial charge in [-0.1, -0.05) is 0 Å². The standard InChI is InChI=1S/C15H22N2O3/c1-10-5-6-12(9-16-10)19-13-7-11(8-13)17-14(18)20-15(2,3)4/h5-6,9,11,13H,7-8H2,1-4H3,(H,17,18). The van der Waals surface area contributed by atoms with Gasteiger partial charge in [-0.2, -0.15) is 0 Å². The fourth-order valence-electron chi connectivity index (χ4n) is 1.97. The normalized spacial score (nSPS) is 21.8. The van der Waals surface area contributed by atoms with E-state index in [0.717, 1.165) is 24.3 Å². The summed E-state index contributed by atoms with van der Waals surface area (Å²) in [4.78, 5) is 15.8. The van der Waals surface area contributed by atoms with Crippen LogP contribution in [0.5, 0.6) is 5.75 Å². The predicted octanol–water partition coefficient (Wildman–Crippen LogP) is 2.82. The zero-order valence-corrected chi connectivity index (χ0v) is 12.5. The second-order valence-electron chi connectivity index (χ2n) is 6.19. The van der Waals surface area contributed by atoms with E-state index in [1.165, 1.54) is 0 Å². The van der Waals surface area contributed by atoms with Gasteiger partial charge in [-0.3, -0.25) is 4.98 Å². The average molecular weight is 278 g/mol. The van der Waals surface area contributed by atoms with Crippen LogP contribution in [0, 0.1) is 6.92 Å². The molecule has 0 atom stereocenters. The molecule has 0 spiro atoms. The van der Waals surface area contributed by atoms with Gasteiger partial charge in [0.1, 0.15) is 17.5 Å². The van der Waals surface area contributed by atoms with Gasteiger partial charge in [0.25, 0.3) is 0 Å². The monoisotopic (exact) mass is 278 g/mol. The highest BCUT2D eigenvalue weighted by molar-refractivity contribution is 5.68. The Labute approximate surface area is 119 Å². The van der Waals surface area contributed by atoms with Crippen LogP contribution in [0.4, 0.5) is 4.79 Å². The van der Waals surface area contributed by atoms with Crippen molar-refractivity contribution in [1.29, 1.82) is 0 Å². The number of aromatic nitrogens is 1. The molecular formula is C15H22N2O3. The predicted molar refractivity (Wildman–Crippen MR) is 75.8 cm³/mol. The summed E-state index contributed by atoms with van der Waals surface area (Å²) in [5.74, 6) is 0.774. The number of hydrogen-bond donors (Lipinski definition) is 1. The van der Waals surface area contributed by atoms with Gasteiger partial charge in [0.2, 0.25) is 0 Å². The number of aryl methyl sites for hydroxylation is 1. The number of hydrogen-bond acceptors (Lipinski definition) is 4. The molecule has 110 valence electrons. The first kappa shape index (κ1) is 14.6. The Morgan fingerprint density at radius 1 is 1.35 bits per heavy atom.